The van der Waals surface area contributed by atoms with Gasteiger partial charge in [0.05, 0.1) is 17.3 Å². The fourth-order valence-electron chi connectivity index (χ4n) is 2.89. The molecule has 9 heteroatoms. The molecular formula is C19H17N5O2S2. The Hall–Kier alpha value is -3.04. The zero-order chi connectivity index (χ0) is 19.7. The van der Waals surface area contributed by atoms with Crippen LogP contribution in [0.15, 0.2) is 53.5 Å². The second-order valence-electron chi connectivity index (χ2n) is 6.08. The van der Waals surface area contributed by atoms with Crippen molar-refractivity contribution >= 4 is 39.7 Å². The first-order chi connectivity index (χ1) is 13.6. The number of benzene rings is 2. The van der Waals surface area contributed by atoms with Gasteiger partial charge in [0.25, 0.3) is 5.91 Å². The molecule has 0 aliphatic heterocycles. The molecular weight excluding hydrogens is 394 g/mol. The number of aromatic nitrogens is 4. The molecule has 0 unspecified atom stereocenters. The van der Waals surface area contributed by atoms with Crippen LogP contribution in [0.5, 0.6) is 5.75 Å². The summed E-state index contributed by atoms with van der Waals surface area (Å²) < 4.78 is 10.2. The predicted octanol–water partition coefficient (Wildman–Crippen LogP) is 3.30. The molecule has 0 aliphatic carbocycles. The van der Waals surface area contributed by atoms with E-state index in [9.17, 15) is 4.79 Å². The molecule has 0 saturated heterocycles. The maximum atomic E-state index is 12.6. The van der Waals surface area contributed by atoms with E-state index < -0.39 is 0 Å². The molecule has 1 amide bonds. The summed E-state index contributed by atoms with van der Waals surface area (Å²) in [7, 11) is 3.51. The lowest BCUT2D eigenvalue weighted by molar-refractivity contribution is -0.118. The number of hydrogen-bond donors (Lipinski definition) is 1. The first-order valence-electron chi connectivity index (χ1n) is 8.48. The average molecular weight is 412 g/mol. The van der Waals surface area contributed by atoms with Gasteiger partial charge in [0, 0.05) is 12.6 Å². The van der Waals surface area contributed by atoms with Gasteiger partial charge in [-0.3, -0.25) is 14.5 Å². The molecule has 2 heterocycles. The van der Waals surface area contributed by atoms with Crippen LogP contribution >= 0.6 is 23.6 Å². The fourth-order valence-corrected chi connectivity index (χ4v) is 4.12. The van der Waals surface area contributed by atoms with E-state index in [1.165, 1.54) is 11.3 Å². The summed E-state index contributed by atoms with van der Waals surface area (Å²) in [5.41, 5.74) is 1.87. The van der Waals surface area contributed by atoms with Gasteiger partial charge in [0.1, 0.15) is 12.3 Å². The summed E-state index contributed by atoms with van der Waals surface area (Å²) in [6, 6.07) is 15.4. The van der Waals surface area contributed by atoms with E-state index in [2.05, 4.69) is 15.2 Å². The topological polar surface area (TPSA) is 77.2 Å². The molecule has 0 saturated carbocycles. The highest BCUT2D eigenvalue weighted by atomic mass is 32.1. The smallest absolute Gasteiger partial charge is 0.268 e. The van der Waals surface area contributed by atoms with Crippen LogP contribution in [0.2, 0.25) is 0 Å². The number of carbonyl (C=O) groups excluding carboxylic acids is 1. The van der Waals surface area contributed by atoms with E-state index in [4.69, 9.17) is 17.0 Å². The molecule has 7 nitrogen and oxygen atoms in total. The number of aromatic amines is 1. The number of fused-ring (bicyclic) bond motifs is 1. The first-order valence-corrected chi connectivity index (χ1v) is 9.71. The lowest BCUT2D eigenvalue weighted by Gasteiger charge is -2.05. The van der Waals surface area contributed by atoms with E-state index >= 15 is 0 Å². The molecule has 0 radical (unpaired) electrons. The largest absolute Gasteiger partial charge is 0.497 e. The van der Waals surface area contributed by atoms with E-state index in [0.29, 0.717) is 15.4 Å². The second kappa shape index (κ2) is 7.53. The number of aryl methyl sites for hydroxylation is 1. The molecule has 4 aromatic rings. The Morgan fingerprint density at radius 1 is 1.25 bits per heavy atom. The van der Waals surface area contributed by atoms with Gasteiger partial charge < -0.3 is 9.30 Å². The van der Waals surface area contributed by atoms with Gasteiger partial charge in [-0.05, 0) is 48.6 Å². The number of hydrogen-bond acceptors (Lipinski definition) is 5. The highest BCUT2D eigenvalue weighted by Crippen LogP contribution is 2.21. The monoisotopic (exact) mass is 411 g/mol. The zero-order valence-corrected chi connectivity index (χ0v) is 16.9. The Labute approximate surface area is 169 Å². The summed E-state index contributed by atoms with van der Waals surface area (Å²) >= 11 is 6.78. The Balaban J connectivity index is 1.67. The van der Waals surface area contributed by atoms with Crippen LogP contribution in [0.3, 0.4) is 0 Å². The second-order valence-corrected chi connectivity index (χ2v) is 7.48. The van der Waals surface area contributed by atoms with E-state index in [-0.39, 0.29) is 12.5 Å². The molecule has 1 N–H and O–H groups in total. The van der Waals surface area contributed by atoms with Crippen LogP contribution in [0, 0.1) is 4.77 Å². The van der Waals surface area contributed by atoms with Gasteiger partial charge in [-0.25, -0.2) is 0 Å². The number of nitrogens with zero attached hydrogens (tertiary/aromatic N) is 4. The van der Waals surface area contributed by atoms with Crippen LogP contribution < -0.4 is 9.54 Å². The number of thiazole rings is 1. The van der Waals surface area contributed by atoms with Crippen molar-refractivity contribution < 1.29 is 9.53 Å². The molecule has 2 aromatic carbocycles. The minimum absolute atomic E-state index is 0.00490. The Bertz CT molecular complexity index is 1280. The van der Waals surface area contributed by atoms with Crippen molar-refractivity contribution in [2.45, 2.75) is 6.54 Å². The molecule has 0 spiro atoms. The first kappa shape index (κ1) is 18.3. The number of methoxy groups -OCH3 is 1. The summed E-state index contributed by atoms with van der Waals surface area (Å²) in [6.45, 7) is 0.00490. The van der Waals surface area contributed by atoms with Crippen molar-refractivity contribution in [1.82, 2.24) is 19.3 Å². The van der Waals surface area contributed by atoms with Crippen LogP contribution in [0.25, 0.3) is 21.6 Å². The molecule has 0 fully saturated rings. The van der Waals surface area contributed by atoms with Gasteiger partial charge in [-0.1, -0.05) is 23.5 Å². The average Bonchev–Trinajstić information content (AvgIpc) is 3.22. The molecule has 0 atom stereocenters. The van der Waals surface area contributed by atoms with E-state index in [0.717, 1.165) is 21.5 Å². The maximum absolute atomic E-state index is 12.6. The SMILES string of the molecule is COc1ccc(-c2n[nH]c(=S)n2CC(=O)N=c2sc3ccccc3n2C)cc1. The van der Waals surface area contributed by atoms with Crippen LogP contribution in [0.1, 0.15) is 0 Å². The van der Waals surface area contributed by atoms with Gasteiger partial charge in [0.2, 0.25) is 0 Å². The minimum atomic E-state index is -0.297. The highest BCUT2D eigenvalue weighted by molar-refractivity contribution is 7.71. The van der Waals surface area contributed by atoms with Gasteiger partial charge in [-0.15, -0.1) is 0 Å². The highest BCUT2D eigenvalue weighted by Gasteiger charge is 2.13. The minimum Gasteiger partial charge on any atom is -0.497 e. The van der Waals surface area contributed by atoms with E-state index in [1.54, 1.807) is 11.7 Å². The molecule has 4 rings (SSSR count). The molecule has 28 heavy (non-hydrogen) atoms. The third-order valence-corrected chi connectivity index (χ3v) is 5.76. The predicted molar refractivity (Wildman–Crippen MR) is 111 cm³/mol. The lowest BCUT2D eigenvalue weighted by Crippen LogP contribution is -2.16. The number of H-pyrrole nitrogens is 1. The third-order valence-electron chi connectivity index (χ3n) is 4.33. The number of para-hydroxylation sites is 1. The zero-order valence-electron chi connectivity index (χ0n) is 15.2. The van der Waals surface area contributed by atoms with Gasteiger partial charge in [0.15, 0.2) is 15.4 Å². The Morgan fingerprint density at radius 3 is 2.71 bits per heavy atom. The molecule has 0 aliphatic rings. The van der Waals surface area contributed by atoms with Crippen LogP contribution in [-0.2, 0) is 18.4 Å². The number of ether oxygens (including phenoxy) is 1. The van der Waals surface area contributed by atoms with E-state index in [1.807, 2.05) is 60.1 Å². The van der Waals surface area contributed by atoms with Crippen LogP contribution in [0.4, 0.5) is 0 Å². The lowest BCUT2D eigenvalue weighted by atomic mass is 10.2. The van der Waals surface area contributed by atoms with Crippen molar-refractivity contribution in [3.05, 3.63) is 58.1 Å². The molecule has 2 aromatic heterocycles. The summed E-state index contributed by atoms with van der Waals surface area (Å²) in [5, 5.41) is 7.02. The quantitative estimate of drug-likeness (QED) is 0.523. The standard InChI is InChI=1S/C19H17N5O2S2/c1-23-14-5-3-4-6-15(14)28-19(23)20-16(25)11-24-17(21-22-18(24)27)12-7-9-13(26-2)10-8-12/h3-10H,11H2,1-2H3,(H,22,27). The number of amides is 1. The third kappa shape index (κ3) is 3.41. The van der Waals surface area contributed by atoms with Crippen molar-refractivity contribution in [2.75, 3.05) is 7.11 Å². The van der Waals surface area contributed by atoms with Crippen molar-refractivity contribution in [2.24, 2.45) is 12.0 Å². The summed E-state index contributed by atoms with van der Waals surface area (Å²) in [5.74, 6) is 1.03. The van der Waals surface area contributed by atoms with Crippen molar-refractivity contribution in [3.63, 3.8) is 0 Å². The fraction of sp³-hybridized carbons (Fsp3) is 0.158. The number of nitrogens with one attached hydrogen (secondary N) is 1. The Kier molecular flexibility index (Phi) is 4.93. The number of carbonyl (C=O) groups is 1. The summed E-state index contributed by atoms with van der Waals surface area (Å²) in [6.07, 6.45) is 0. The number of rotatable bonds is 4. The Morgan fingerprint density at radius 2 is 2.00 bits per heavy atom. The van der Waals surface area contributed by atoms with Gasteiger partial charge >= 0.3 is 0 Å². The normalized spacial score (nSPS) is 11.9. The molecule has 142 valence electrons. The van der Waals surface area contributed by atoms with Crippen LogP contribution in [-0.4, -0.2) is 32.3 Å². The summed E-state index contributed by atoms with van der Waals surface area (Å²) in [4.78, 5) is 17.6. The maximum Gasteiger partial charge on any atom is 0.268 e. The van der Waals surface area contributed by atoms with Gasteiger partial charge in [-0.2, -0.15) is 10.1 Å². The van der Waals surface area contributed by atoms with Crippen molar-refractivity contribution in [3.8, 4) is 17.1 Å². The molecule has 0 bridgehead atoms. The van der Waals surface area contributed by atoms with Crippen molar-refractivity contribution in [1.29, 1.82) is 0 Å².